The minimum atomic E-state index is -0.528. The number of hydrogen-bond acceptors (Lipinski definition) is 7. The molecule has 0 spiro atoms. The van der Waals surface area contributed by atoms with Gasteiger partial charge < -0.3 is 24.3 Å². The largest absolute Gasteiger partial charge is 0.453 e. The Kier molecular flexibility index (Phi) is 11.8. The van der Waals surface area contributed by atoms with E-state index in [1.807, 2.05) is 45.4 Å². The van der Waals surface area contributed by atoms with Crippen molar-refractivity contribution in [1.82, 2.24) is 24.8 Å². The third-order valence-electron chi connectivity index (χ3n) is 6.55. The summed E-state index contributed by atoms with van der Waals surface area (Å²) in [6.45, 7) is 9.03. The highest BCUT2D eigenvalue weighted by Crippen LogP contribution is 2.39. The summed E-state index contributed by atoms with van der Waals surface area (Å²) in [5, 5.41) is 2.94. The normalized spacial score (nSPS) is 11.2. The molecule has 0 saturated heterocycles. The van der Waals surface area contributed by atoms with Gasteiger partial charge in [-0.25, -0.2) is 14.2 Å². The highest BCUT2D eigenvalue weighted by atomic mass is 32.1. The summed E-state index contributed by atoms with van der Waals surface area (Å²) >= 11 is 1.44. The molecule has 0 aliphatic carbocycles. The van der Waals surface area contributed by atoms with Gasteiger partial charge in [0, 0.05) is 51.8 Å². The van der Waals surface area contributed by atoms with Crippen LogP contribution in [-0.4, -0.2) is 57.6 Å². The van der Waals surface area contributed by atoms with Crippen LogP contribution in [0.3, 0.4) is 0 Å². The first kappa shape index (κ1) is 33.7. The Morgan fingerprint density at radius 2 is 1.88 bits per heavy atom. The van der Waals surface area contributed by atoms with Gasteiger partial charge in [0.05, 0.1) is 40.1 Å². The third-order valence-corrected chi connectivity index (χ3v) is 7.69. The predicted octanol–water partition coefficient (Wildman–Crippen LogP) is 6.99. The van der Waals surface area contributed by atoms with Gasteiger partial charge in [-0.05, 0) is 43.5 Å². The Bertz CT molecular complexity index is 1550. The molecule has 0 saturated carbocycles. The number of nitrogens with zero attached hydrogens (tertiary/aromatic N) is 4. The summed E-state index contributed by atoms with van der Waals surface area (Å²) in [5.41, 5.74) is 2.18. The molecule has 4 aromatic rings. The fourth-order valence-corrected chi connectivity index (χ4v) is 5.62. The molecule has 3 aromatic heterocycles. The quantitative estimate of drug-likeness (QED) is 0.175. The summed E-state index contributed by atoms with van der Waals surface area (Å²) in [5.74, 6) is 1.09. The fraction of sp³-hybridized carbons (Fsp3) is 0.438. The number of carbonyl (C=O) groups excluding carboxylic acids is 2. The Morgan fingerprint density at radius 3 is 2.56 bits per heavy atom. The number of fused-ring (bicyclic) bond motifs is 1. The van der Waals surface area contributed by atoms with Gasteiger partial charge in [-0.1, -0.05) is 27.3 Å². The Labute approximate surface area is 257 Å². The van der Waals surface area contributed by atoms with Gasteiger partial charge in [0.15, 0.2) is 11.6 Å². The molecule has 0 aliphatic rings. The number of methoxy groups -OCH3 is 1. The van der Waals surface area contributed by atoms with E-state index in [4.69, 9.17) is 9.47 Å². The average Bonchev–Trinajstić information content (AvgIpc) is 3.50. The maximum absolute atomic E-state index is 15.0. The van der Waals surface area contributed by atoms with Crippen molar-refractivity contribution in [2.45, 2.75) is 60.5 Å². The van der Waals surface area contributed by atoms with Gasteiger partial charge in [0.2, 0.25) is 0 Å². The number of hydrogen-bond donors (Lipinski definition) is 1. The van der Waals surface area contributed by atoms with E-state index in [2.05, 4.69) is 15.3 Å². The van der Waals surface area contributed by atoms with Crippen molar-refractivity contribution in [1.29, 1.82) is 0 Å². The number of thiophene rings is 1. The lowest BCUT2D eigenvalue weighted by atomic mass is 10.0. The lowest BCUT2D eigenvalue weighted by Gasteiger charge is -2.24. The summed E-state index contributed by atoms with van der Waals surface area (Å²) in [6.07, 6.45) is 4.04. The molecular weight excluding hydrogens is 569 g/mol. The second-order valence-corrected chi connectivity index (χ2v) is 12.0. The van der Waals surface area contributed by atoms with Crippen LogP contribution in [0, 0.1) is 11.7 Å². The van der Waals surface area contributed by atoms with Crippen molar-refractivity contribution in [3.05, 3.63) is 59.8 Å². The van der Waals surface area contributed by atoms with Crippen LogP contribution in [-0.2, 0) is 29.5 Å². The van der Waals surface area contributed by atoms with Crippen LogP contribution < -0.4 is 10.1 Å². The van der Waals surface area contributed by atoms with E-state index in [1.165, 1.54) is 17.4 Å². The zero-order valence-electron chi connectivity index (χ0n) is 24.9. The van der Waals surface area contributed by atoms with Gasteiger partial charge in [-0.15, -0.1) is 11.3 Å². The van der Waals surface area contributed by atoms with E-state index in [-0.39, 0.29) is 43.4 Å². The van der Waals surface area contributed by atoms with E-state index in [9.17, 15) is 14.0 Å². The standard InChI is InChI=1S/C31H38FN5O4S.CH4/c1-19(2)13-23(38)14-21-7-8-26(24(32)15-21)41-27-9-10-33-25-16-28(42-29(25)27)30-34-17-22(36(30)5)18-37(11-12-40-6)31(39)35-20(3)4;/h7-10,15-17,19-20H,11-14,18H2,1-6H3,(H,35,39);1H4. The first-order chi connectivity index (χ1) is 20.0. The number of halogens is 1. The van der Waals surface area contributed by atoms with Crippen molar-refractivity contribution < 1.29 is 23.5 Å². The maximum Gasteiger partial charge on any atom is 0.318 e. The van der Waals surface area contributed by atoms with Gasteiger partial charge in [0.25, 0.3) is 0 Å². The molecule has 11 heteroatoms. The van der Waals surface area contributed by atoms with Crippen LogP contribution in [0.15, 0.2) is 42.7 Å². The summed E-state index contributed by atoms with van der Waals surface area (Å²) < 4.78 is 28.9. The second kappa shape index (κ2) is 15.1. The molecule has 1 aromatic carbocycles. The van der Waals surface area contributed by atoms with Gasteiger partial charge in [-0.2, -0.15) is 0 Å². The van der Waals surface area contributed by atoms with Crippen molar-refractivity contribution in [2.75, 3.05) is 20.3 Å². The van der Waals surface area contributed by atoms with Crippen LogP contribution in [0.5, 0.6) is 11.5 Å². The smallest absolute Gasteiger partial charge is 0.318 e. The van der Waals surface area contributed by atoms with E-state index >= 15 is 0 Å². The lowest BCUT2D eigenvalue weighted by molar-refractivity contribution is -0.119. The van der Waals surface area contributed by atoms with Gasteiger partial charge >= 0.3 is 6.03 Å². The SMILES string of the molecule is C.COCCN(Cc1cnc(-c2cc3nccc(Oc4ccc(CC(=O)CC(C)C)cc4F)c3s2)n1C)C(=O)NC(C)C. The number of pyridine rings is 1. The molecule has 0 atom stereocenters. The topological polar surface area (TPSA) is 98.6 Å². The van der Waals surface area contributed by atoms with Crippen molar-refractivity contribution in [2.24, 2.45) is 13.0 Å². The number of benzene rings is 1. The average molecular weight is 612 g/mol. The first-order valence-corrected chi connectivity index (χ1v) is 14.8. The first-order valence-electron chi connectivity index (χ1n) is 14.0. The number of ketones is 1. The minimum Gasteiger partial charge on any atom is -0.453 e. The van der Waals surface area contributed by atoms with E-state index < -0.39 is 5.82 Å². The summed E-state index contributed by atoms with van der Waals surface area (Å²) in [7, 11) is 3.51. The summed E-state index contributed by atoms with van der Waals surface area (Å²) in [6, 6.07) is 8.11. The van der Waals surface area contributed by atoms with Gasteiger partial charge in [0.1, 0.15) is 17.4 Å². The molecule has 4 rings (SSSR count). The molecule has 3 heterocycles. The fourth-order valence-electron chi connectivity index (χ4n) is 4.52. The van der Waals surface area contributed by atoms with Crippen LogP contribution in [0.2, 0.25) is 0 Å². The number of aromatic nitrogens is 3. The highest BCUT2D eigenvalue weighted by Gasteiger charge is 2.20. The number of ether oxygens (including phenoxy) is 2. The number of rotatable bonds is 13. The van der Waals surface area contributed by atoms with Gasteiger partial charge in [-0.3, -0.25) is 9.78 Å². The molecule has 0 radical (unpaired) electrons. The second-order valence-electron chi connectivity index (χ2n) is 11.0. The zero-order chi connectivity index (χ0) is 30.4. The molecule has 232 valence electrons. The number of amides is 2. The molecule has 43 heavy (non-hydrogen) atoms. The number of carbonyl (C=O) groups is 2. The van der Waals surface area contributed by atoms with E-state index in [1.54, 1.807) is 42.6 Å². The zero-order valence-corrected chi connectivity index (χ0v) is 25.8. The number of urea groups is 1. The molecule has 2 amide bonds. The lowest BCUT2D eigenvalue weighted by Crippen LogP contribution is -2.44. The molecule has 1 N–H and O–H groups in total. The number of Topliss-reactive ketones (excluding diaryl/α,β-unsaturated/α-hetero) is 1. The minimum absolute atomic E-state index is 0. The molecule has 0 bridgehead atoms. The Balaban J connectivity index is 0.00000506. The number of imidazole rings is 1. The van der Waals surface area contributed by atoms with Crippen molar-refractivity contribution in [3.63, 3.8) is 0 Å². The molecule has 0 aliphatic heterocycles. The Hall–Kier alpha value is -3.83. The van der Waals surface area contributed by atoms with Crippen LogP contribution in [0.1, 0.15) is 52.8 Å². The molecular formula is C32H42FN5O4S. The third kappa shape index (κ3) is 8.61. The maximum atomic E-state index is 15.0. The van der Waals surface area contributed by atoms with Crippen LogP contribution in [0.25, 0.3) is 20.9 Å². The number of nitrogens with one attached hydrogen (secondary N) is 1. The molecule has 0 unspecified atom stereocenters. The Morgan fingerprint density at radius 1 is 1.12 bits per heavy atom. The monoisotopic (exact) mass is 611 g/mol. The van der Waals surface area contributed by atoms with E-state index in [0.717, 1.165) is 21.1 Å². The predicted molar refractivity (Wildman–Crippen MR) is 169 cm³/mol. The van der Waals surface area contributed by atoms with Crippen LogP contribution in [0.4, 0.5) is 9.18 Å². The molecule has 9 nitrogen and oxygen atoms in total. The van der Waals surface area contributed by atoms with Crippen molar-refractivity contribution >= 4 is 33.4 Å². The highest BCUT2D eigenvalue weighted by molar-refractivity contribution is 7.22. The molecule has 0 fully saturated rings. The van der Waals surface area contributed by atoms with Crippen molar-refractivity contribution in [3.8, 4) is 22.2 Å². The van der Waals surface area contributed by atoms with Crippen LogP contribution >= 0.6 is 11.3 Å². The summed E-state index contributed by atoms with van der Waals surface area (Å²) in [4.78, 5) is 36.6. The van der Waals surface area contributed by atoms with E-state index in [0.29, 0.717) is 42.9 Å².